The smallest absolute Gasteiger partial charge is 0.341 e. The number of nitrogens with one attached hydrogen (secondary N) is 1. The number of amides is 1. The quantitative estimate of drug-likeness (QED) is 0.732. The van der Waals surface area contributed by atoms with E-state index in [2.05, 4.69) is 5.32 Å². The van der Waals surface area contributed by atoms with Crippen molar-refractivity contribution in [1.82, 2.24) is 10.2 Å². The molecule has 1 unspecified atom stereocenters. The van der Waals surface area contributed by atoms with E-state index < -0.39 is 12.6 Å². The van der Waals surface area contributed by atoms with Crippen LogP contribution in [0.3, 0.4) is 0 Å². The molecule has 1 amide bonds. The highest BCUT2D eigenvalue weighted by Crippen LogP contribution is 2.28. The number of aliphatic carboxylic acids is 1. The number of ether oxygens (including phenoxy) is 2. The molecule has 1 saturated heterocycles. The zero-order chi connectivity index (χ0) is 19.1. The summed E-state index contributed by atoms with van der Waals surface area (Å²) in [6.45, 7) is 5.59. The fourth-order valence-electron chi connectivity index (χ4n) is 3.05. The van der Waals surface area contributed by atoms with Crippen molar-refractivity contribution < 1.29 is 24.2 Å². The van der Waals surface area contributed by atoms with Gasteiger partial charge < -0.3 is 24.8 Å². The largest absolute Gasteiger partial charge is 0.493 e. The van der Waals surface area contributed by atoms with Gasteiger partial charge in [0.15, 0.2) is 18.1 Å². The molecular formula is C19H28N2O5. The summed E-state index contributed by atoms with van der Waals surface area (Å²) < 4.78 is 10.5. The van der Waals surface area contributed by atoms with Crippen LogP contribution in [0.15, 0.2) is 18.2 Å². The minimum absolute atomic E-state index is 0.0179. The number of carboxylic acid groups (broad SMARTS) is 1. The summed E-state index contributed by atoms with van der Waals surface area (Å²) >= 11 is 0. The summed E-state index contributed by atoms with van der Waals surface area (Å²) in [7, 11) is 1.52. The zero-order valence-electron chi connectivity index (χ0n) is 15.7. The zero-order valence-corrected chi connectivity index (χ0v) is 15.7. The van der Waals surface area contributed by atoms with Crippen LogP contribution in [0, 0.1) is 5.92 Å². The van der Waals surface area contributed by atoms with Gasteiger partial charge in [0.1, 0.15) is 0 Å². The van der Waals surface area contributed by atoms with E-state index in [0.29, 0.717) is 18.0 Å². The third-order valence-electron chi connectivity index (χ3n) is 4.40. The summed E-state index contributed by atoms with van der Waals surface area (Å²) in [5.41, 5.74) is 0.971. The Bertz CT molecular complexity index is 632. The number of carbonyl (C=O) groups is 2. The van der Waals surface area contributed by atoms with E-state index in [0.717, 1.165) is 31.5 Å². The van der Waals surface area contributed by atoms with Crippen LogP contribution < -0.4 is 14.8 Å². The van der Waals surface area contributed by atoms with Gasteiger partial charge in [0.25, 0.3) is 0 Å². The van der Waals surface area contributed by atoms with Crippen molar-refractivity contribution in [3.8, 4) is 11.5 Å². The van der Waals surface area contributed by atoms with Crippen LogP contribution in [0.1, 0.15) is 32.3 Å². The maximum absolute atomic E-state index is 12.2. The van der Waals surface area contributed by atoms with Gasteiger partial charge in [-0.2, -0.15) is 0 Å². The van der Waals surface area contributed by atoms with E-state index in [1.807, 2.05) is 24.8 Å². The lowest BCUT2D eigenvalue weighted by atomic mass is 10.0. The summed E-state index contributed by atoms with van der Waals surface area (Å²) in [5.74, 6) is 0.0955. The molecule has 1 aromatic carbocycles. The fraction of sp³-hybridized carbons (Fsp3) is 0.579. The minimum Gasteiger partial charge on any atom is -0.493 e. The molecule has 0 saturated carbocycles. The highest BCUT2D eigenvalue weighted by molar-refractivity contribution is 5.78. The lowest BCUT2D eigenvalue weighted by Gasteiger charge is -2.34. The monoisotopic (exact) mass is 364 g/mol. The van der Waals surface area contributed by atoms with Crippen molar-refractivity contribution in [3.63, 3.8) is 0 Å². The number of hydrogen-bond acceptors (Lipinski definition) is 5. The first-order valence-corrected chi connectivity index (χ1v) is 8.94. The molecule has 1 aliphatic heterocycles. The van der Waals surface area contributed by atoms with Crippen LogP contribution in [0.2, 0.25) is 0 Å². The lowest BCUT2D eigenvalue weighted by Crippen LogP contribution is -2.48. The van der Waals surface area contributed by atoms with Gasteiger partial charge in [0, 0.05) is 31.6 Å². The molecule has 0 bridgehead atoms. The lowest BCUT2D eigenvalue weighted by molar-refractivity contribution is -0.139. The maximum atomic E-state index is 12.2. The predicted octanol–water partition coefficient (Wildman–Crippen LogP) is 1.90. The van der Waals surface area contributed by atoms with Gasteiger partial charge in [-0.05, 0) is 30.5 Å². The Morgan fingerprint density at radius 2 is 2.12 bits per heavy atom. The van der Waals surface area contributed by atoms with E-state index >= 15 is 0 Å². The topological polar surface area (TPSA) is 88.1 Å². The Labute approximate surface area is 154 Å². The molecule has 7 heteroatoms. The third-order valence-corrected chi connectivity index (χ3v) is 4.40. The molecule has 1 aliphatic rings. The van der Waals surface area contributed by atoms with Gasteiger partial charge in [-0.25, -0.2) is 4.79 Å². The highest BCUT2D eigenvalue weighted by Gasteiger charge is 2.24. The first-order valence-electron chi connectivity index (χ1n) is 8.94. The number of hydrogen-bond donors (Lipinski definition) is 2. The van der Waals surface area contributed by atoms with E-state index in [-0.39, 0.29) is 17.9 Å². The van der Waals surface area contributed by atoms with E-state index in [1.54, 1.807) is 12.1 Å². The number of carboxylic acids is 1. The molecule has 0 aromatic heterocycles. The van der Waals surface area contributed by atoms with Crippen LogP contribution in [-0.4, -0.2) is 54.7 Å². The van der Waals surface area contributed by atoms with Crippen LogP contribution in [0.4, 0.5) is 0 Å². The third kappa shape index (κ3) is 5.62. The van der Waals surface area contributed by atoms with Gasteiger partial charge in [-0.1, -0.05) is 19.9 Å². The summed E-state index contributed by atoms with van der Waals surface area (Å²) in [6, 6.07) is 5.72. The van der Waals surface area contributed by atoms with E-state index in [9.17, 15) is 9.59 Å². The summed E-state index contributed by atoms with van der Waals surface area (Å²) in [5, 5.41) is 12.3. The number of benzene rings is 1. The fourth-order valence-corrected chi connectivity index (χ4v) is 3.05. The molecule has 2 rings (SSSR count). The molecule has 1 aromatic rings. The summed E-state index contributed by atoms with van der Waals surface area (Å²) in [6.07, 6.45) is 2.02. The van der Waals surface area contributed by atoms with Gasteiger partial charge >= 0.3 is 5.97 Å². The highest BCUT2D eigenvalue weighted by atomic mass is 16.5. The minimum atomic E-state index is -1.03. The van der Waals surface area contributed by atoms with Crippen molar-refractivity contribution in [3.05, 3.63) is 23.8 Å². The van der Waals surface area contributed by atoms with Crippen LogP contribution >= 0.6 is 0 Å². The number of carbonyl (C=O) groups excluding carboxylic acids is 1. The number of rotatable bonds is 8. The molecule has 7 nitrogen and oxygen atoms in total. The van der Waals surface area contributed by atoms with Crippen molar-refractivity contribution in [1.29, 1.82) is 0 Å². The molecule has 1 heterocycles. The molecule has 26 heavy (non-hydrogen) atoms. The molecule has 1 fully saturated rings. The first kappa shape index (κ1) is 20.0. The molecule has 0 spiro atoms. The average Bonchev–Trinajstić information content (AvgIpc) is 2.64. The van der Waals surface area contributed by atoms with Gasteiger partial charge in [-0.3, -0.25) is 4.79 Å². The maximum Gasteiger partial charge on any atom is 0.341 e. The predicted molar refractivity (Wildman–Crippen MR) is 97.4 cm³/mol. The SMILES string of the molecule is COc1ccc(CNC2CCCN(C(=O)C(C)C)C2)cc1OCC(=O)O. The van der Waals surface area contributed by atoms with Gasteiger partial charge in [-0.15, -0.1) is 0 Å². The Balaban J connectivity index is 1.94. The second-order valence-electron chi connectivity index (χ2n) is 6.83. The Kier molecular flexibility index (Phi) is 7.26. The van der Waals surface area contributed by atoms with Gasteiger partial charge in [0.05, 0.1) is 7.11 Å². The second kappa shape index (κ2) is 9.43. The standard InChI is InChI=1S/C19H28N2O5/c1-13(2)19(24)21-8-4-5-15(11-21)20-10-14-6-7-16(25-3)17(9-14)26-12-18(22)23/h6-7,9,13,15,20H,4-5,8,10-12H2,1-3H3,(H,22,23). The van der Waals surface area contributed by atoms with E-state index in [4.69, 9.17) is 14.6 Å². The molecular weight excluding hydrogens is 336 g/mol. The number of likely N-dealkylation sites (tertiary alicyclic amines) is 1. The molecule has 0 aliphatic carbocycles. The first-order chi connectivity index (χ1) is 12.4. The van der Waals surface area contributed by atoms with E-state index in [1.165, 1.54) is 7.11 Å². The van der Waals surface area contributed by atoms with Crippen molar-refractivity contribution >= 4 is 11.9 Å². The van der Waals surface area contributed by atoms with Crippen molar-refractivity contribution in [2.75, 3.05) is 26.8 Å². The Morgan fingerprint density at radius 3 is 2.77 bits per heavy atom. The Hall–Kier alpha value is -2.28. The number of piperidine rings is 1. The Morgan fingerprint density at radius 1 is 1.35 bits per heavy atom. The van der Waals surface area contributed by atoms with Crippen LogP contribution in [0.25, 0.3) is 0 Å². The average molecular weight is 364 g/mol. The van der Waals surface area contributed by atoms with Crippen molar-refractivity contribution in [2.45, 2.75) is 39.3 Å². The van der Waals surface area contributed by atoms with Gasteiger partial charge in [0.2, 0.25) is 5.91 Å². The molecule has 2 N–H and O–H groups in total. The second-order valence-corrected chi connectivity index (χ2v) is 6.83. The normalized spacial score (nSPS) is 17.2. The van der Waals surface area contributed by atoms with Crippen LogP contribution in [-0.2, 0) is 16.1 Å². The number of methoxy groups -OCH3 is 1. The summed E-state index contributed by atoms with van der Waals surface area (Å²) in [4.78, 5) is 24.8. The number of nitrogens with zero attached hydrogens (tertiary/aromatic N) is 1. The van der Waals surface area contributed by atoms with Crippen molar-refractivity contribution in [2.24, 2.45) is 5.92 Å². The van der Waals surface area contributed by atoms with Crippen LogP contribution in [0.5, 0.6) is 11.5 Å². The molecule has 0 radical (unpaired) electrons. The molecule has 1 atom stereocenters. The molecule has 144 valence electrons.